The fraction of sp³-hybridized carbons (Fsp3) is 0.414. The molecule has 2 aliphatic heterocycles. The zero-order valence-electron chi connectivity index (χ0n) is 21.7. The molecule has 1 unspecified atom stereocenters. The third kappa shape index (κ3) is 4.35. The highest BCUT2D eigenvalue weighted by Gasteiger charge is 2.43. The molecule has 1 aliphatic carbocycles. The van der Waals surface area contributed by atoms with Gasteiger partial charge in [0, 0.05) is 23.6 Å². The highest BCUT2D eigenvalue weighted by atomic mass is 32.1. The highest BCUT2D eigenvalue weighted by molar-refractivity contribution is 7.22. The third-order valence-electron chi connectivity index (χ3n) is 8.20. The number of methoxy groups -OCH3 is 1. The molecule has 0 spiro atoms. The van der Waals surface area contributed by atoms with Crippen LogP contribution in [-0.2, 0) is 16.1 Å². The van der Waals surface area contributed by atoms with Crippen molar-refractivity contribution in [3.63, 3.8) is 0 Å². The molecule has 0 N–H and O–H groups in total. The zero-order valence-corrected chi connectivity index (χ0v) is 22.5. The van der Waals surface area contributed by atoms with Crippen molar-refractivity contribution in [3.05, 3.63) is 64.7 Å². The van der Waals surface area contributed by atoms with Crippen LogP contribution in [0.25, 0.3) is 21.5 Å². The van der Waals surface area contributed by atoms with Gasteiger partial charge in [0.05, 0.1) is 35.6 Å². The summed E-state index contributed by atoms with van der Waals surface area (Å²) in [5, 5.41) is 4.80. The Hall–Kier alpha value is -3.44. The maximum absolute atomic E-state index is 14.8. The molecule has 3 fully saturated rings. The number of hydrogen-bond donors (Lipinski definition) is 0. The number of esters is 1. The monoisotopic (exact) mass is 569 g/mol. The van der Waals surface area contributed by atoms with E-state index in [4.69, 9.17) is 14.0 Å². The average molecular weight is 570 g/mol. The molecule has 0 amide bonds. The number of hydrogen-bond acceptors (Lipinski definition) is 8. The Kier molecular flexibility index (Phi) is 6.31. The summed E-state index contributed by atoms with van der Waals surface area (Å²) >= 11 is 1.37. The lowest BCUT2D eigenvalue weighted by Gasteiger charge is -2.38. The maximum atomic E-state index is 14.8. The van der Waals surface area contributed by atoms with Crippen molar-refractivity contribution in [1.82, 2.24) is 10.1 Å². The molecular weight excluding hydrogens is 543 g/mol. The average Bonchev–Trinajstić information content (AvgIpc) is 3.46. The van der Waals surface area contributed by atoms with Gasteiger partial charge in [0.2, 0.25) is 0 Å². The van der Waals surface area contributed by atoms with E-state index in [1.165, 1.54) is 36.6 Å². The van der Waals surface area contributed by atoms with E-state index < -0.39 is 23.4 Å². The van der Waals surface area contributed by atoms with Crippen molar-refractivity contribution < 1.29 is 32.0 Å². The minimum atomic E-state index is -0.686. The number of thiazole rings is 1. The number of rotatable bonds is 7. The van der Waals surface area contributed by atoms with Gasteiger partial charge < -0.3 is 18.9 Å². The molecular formula is C29H26F3N3O4S. The van der Waals surface area contributed by atoms with Gasteiger partial charge in [-0.25, -0.2) is 22.9 Å². The normalized spacial score (nSPS) is 22.3. The minimum Gasteiger partial charge on any atom is -0.465 e. The minimum absolute atomic E-state index is 0.0638. The SMILES string of the molecule is COC(=O)c1cc(F)c2nc(N3C4CC[C@H]3C[C@H](OCc3c(-c5c(F)cccc5F)noc3C3CC3)C4)sc2c1. The van der Waals surface area contributed by atoms with Crippen LogP contribution in [0.2, 0.25) is 0 Å². The third-order valence-corrected chi connectivity index (χ3v) is 9.21. The number of carbonyl (C=O) groups is 1. The van der Waals surface area contributed by atoms with Crippen LogP contribution in [-0.4, -0.2) is 41.4 Å². The van der Waals surface area contributed by atoms with Gasteiger partial charge in [-0.3, -0.25) is 0 Å². The van der Waals surface area contributed by atoms with Gasteiger partial charge in [0.1, 0.15) is 28.6 Å². The molecule has 3 aliphatic rings. The van der Waals surface area contributed by atoms with Gasteiger partial charge in [-0.2, -0.15) is 0 Å². The molecule has 7 rings (SSSR count). The van der Waals surface area contributed by atoms with Crippen molar-refractivity contribution in [1.29, 1.82) is 0 Å². The van der Waals surface area contributed by atoms with E-state index in [1.54, 1.807) is 6.07 Å². The number of carbonyl (C=O) groups excluding carboxylic acids is 1. The molecule has 11 heteroatoms. The molecule has 40 heavy (non-hydrogen) atoms. The van der Waals surface area contributed by atoms with Crippen LogP contribution < -0.4 is 4.90 Å². The number of benzene rings is 2. The van der Waals surface area contributed by atoms with E-state index in [2.05, 4.69) is 15.0 Å². The summed E-state index contributed by atoms with van der Waals surface area (Å²) in [6, 6.07) is 6.87. The van der Waals surface area contributed by atoms with Gasteiger partial charge in [0.25, 0.3) is 0 Å². The Bertz CT molecular complexity index is 1580. The number of piperidine rings is 1. The summed E-state index contributed by atoms with van der Waals surface area (Å²) in [5.74, 6) is -1.66. The van der Waals surface area contributed by atoms with E-state index in [0.29, 0.717) is 16.0 Å². The number of fused-ring (bicyclic) bond motifs is 3. The first-order valence-electron chi connectivity index (χ1n) is 13.4. The second kappa shape index (κ2) is 9.88. The van der Waals surface area contributed by atoms with Crippen LogP contribution in [0.1, 0.15) is 66.1 Å². The van der Waals surface area contributed by atoms with E-state index in [9.17, 15) is 18.0 Å². The molecule has 2 saturated heterocycles. The number of aromatic nitrogens is 2. The highest BCUT2D eigenvalue weighted by Crippen LogP contribution is 2.46. The standard InChI is InChI=1S/C29H26F3N3O4S/c1-37-28(36)15-9-22(32)26-23(10-15)40-29(33-26)35-16-7-8-17(35)12-18(11-16)38-13-19-25(34-39-27(19)14-5-6-14)24-20(30)3-2-4-21(24)31/h2-4,9-10,14,16-18H,5-8,11-13H2,1H3/t16-,17?,18-/m0/s1. The van der Waals surface area contributed by atoms with Crippen LogP contribution in [0.5, 0.6) is 0 Å². The van der Waals surface area contributed by atoms with Crippen molar-refractivity contribution in [3.8, 4) is 11.3 Å². The largest absolute Gasteiger partial charge is 0.465 e. The molecule has 208 valence electrons. The van der Waals surface area contributed by atoms with Gasteiger partial charge >= 0.3 is 5.97 Å². The summed E-state index contributed by atoms with van der Waals surface area (Å²) < 4.78 is 61.3. The van der Waals surface area contributed by atoms with E-state index >= 15 is 0 Å². The lowest BCUT2D eigenvalue weighted by molar-refractivity contribution is 0.0147. The topological polar surface area (TPSA) is 77.7 Å². The molecule has 2 bridgehead atoms. The summed E-state index contributed by atoms with van der Waals surface area (Å²) in [6.07, 6.45) is 5.25. The van der Waals surface area contributed by atoms with Gasteiger partial charge in [-0.1, -0.05) is 22.6 Å². The maximum Gasteiger partial charge on any atom is 0.338 e. The summed E-state index contributed by atoms with van der Waals surface area (Å²) in [6.45, 7) is 0.158. The Morgan fingerprint density at radius 1 is 1.07 bits per heavy atom. The number of anilines is 1. The molecule has 7 nitrogen and oxygen atoms in total. The van der Waals surface area contributed by atoms with E-state index in [0.717, 1.165) is 49.7 Å². The number of ether oxygens (including phenoxy) is 2. The lowest BCUT2D eigenvalue weighted by atomic mass is 10.00. The van der Waals surface area contributed by atoms with Crippen LogP contribution >= 0.6 is 11.3 Å². The van der Waals surface area contributed by atoms with Crippen molar-refractivity contribution >= 4 is 32.7 Å². The first-order chi connectivity index (χ1) is 19.4. The first-order valence-corrected chi connectivity index (χ1v) is 14.2. The smallest absolute Gasteiger partial charge is 0.338 e. The number of halogens is 3. The van der Waals surface area contributed by atoms with Crippen LogP contribution in [0.4, 0.5) is 18.3 Å². The summed E-state index contributed by atoms with van der Waals surface area (Å²) in [7, 11) is 1.27. The van der Waals surface area contributed by atoms with Crippen LogP contribution in [0.3, 0.4) is 0 Å². The molecule has 4 heterocycles. The number of nitrogens with zero attached hydrogens (tertiary/aromatic N) is 3. The van der Waals surface area contributed by atoms with Crippen LogP contribution in [0.15, 0.2) is 34.9 Å². The van der Waals surface area contributed by atoms with E-state index in [1.807, 2.05) is 0 Å². The van der Waals surface area contributed by atoms with Gasteiger partial charge in [-0.15, -0.1) is 0 Å². The molecule has 1 saturated carbocycles. The van der Waals surface area contributed by atoms with Crippen molar-refractivity contribution in [2.24, 2.45) is 0 Å². The zero-order chi connectivity index (χ0) is 27.5. The Morgan fingerprint density at radius 3 is 2.48 bits per heavy atom. The Labute approximate surface area is 231 Å². The second-order valence-electron chi connectivity index (χ2n) is 10.7. The Morgan fingerprint density at radius 2 is 1.80 bits per heavy atom. The van der Waals surface area contributed by atoms with E-state index in [-0.39, 0.29) is 53.0 Å². The van der Waals surface area contributed by atoms with Crippen LogP contribution in [0, 0.1) is 17.5 Å². The fourth-order valence-corrected chi connectivity index (χ4v) is 7.31. The van der Waals surface area contributed by atoms with Crippen molar-refractivity contribution in [2.45, 2.75) is 69.2 Å². The summed E-state index contributed by atoms with van der Waals surface area (Å²) in [4.78, 5) is 18.8. The molecule has 0 radical (unpaired) electrons. The summed E-state index contributed by atoms with van der Waals surface area (Å²) in [5.41, 5.74) is 1.00. The van der Waals surface area contributed by atoms with Crippen molar-refractivity contribution in [2.75, 3.05) is 12.0 Å². The lowest BCUT2D eigenvalue weighted by Crippen LogP contribution is -2.45. The quantitative estimate of drug-likeness (QED) is 0.228. The molecule has 4 aromatic rings. The predicted octanol–water partition coefficient (Wildman–Crippen LogP) is 6.75. The molecule has 3 atom stereocenters. The Balaban J connectivity index is 1.10. The predicted molar refractivity (Wildman–Crippen MR) is 142 cm³/mol. The fourth-order valence-electron chi connectivity index (χ4n) is 6.15. The van der Waals surface area contributed by atoms with Gasteiger partial charge in [0.15, 0.2) is 10.9 Å². The first kappa shape index (κ1) is 25.5. The van der Waals surface area contributed by atoms with Gasteiger partial charge in [-0.05, 0) is 62.8 Å². The molecule has 2 aromatic carbocycles. The second-order valence-corrected chi connectivity index (χ2v) is 11.7. The molecule has 2 aromatic heterocycles.